The second-order valence-electron chi connectivity index (χ2n) is 4.80. The molecule has 0 aromatic heterocycles. The summed E-state index contributed by atoms with van der Waals surface area (Å²) < 4.78 is 4.96. The molecule has 102 valence electrons. The van der Waals surface area contributed by atoms with Crippen LogP contribution in [0.25, 0.3) is 0 Å². The number of ether oxygens (including phenoxy) is 1. The average molecular weight is 261 g/mol. The lowest BCUT2D eigenvalue weighted by Crippen LogP contribution is -2.52. The van der Waals surface area contributed by atoms with Crippen LogP contribution in [-0.4, -0.2) is 30.3 Å². The minimum Gasteiger partial charge on any atom is -0.508 e. The molecule has 2 atom stereocenters. The highest BCUT2D eigenvalue weighted by molar-refractivity contribution is 5.83. The molecule has 1 aromatic carbocycles. The van der Waals surface area contributed by atoms with Crippen molar-refractivity contribution in [1.29, 1.82) is 0 Å². The Hall–Kier alpha value is -1.81. The van der Waals surface area contributed by atoms with Gasteiger partial charge in [-0.25, -0.2) is 0 Å². The van der Waals surface area contributed by atoms with E-state index in [4.69, 9.17) is 4.74 Å². The van der Waals surface area contributed by atoms with Gasteiger partial charge in [0.2, 0.25) is 0 Å². The van der Waals surface area contributed by atoms with Crippen LogP contribution in [-0.2, 0) is 9.53 Å². The number of phenols is 1. The van der Waals surface area contributed by atoms with E-state index < -0.39 is 5.54 Å². The molecular weight excluding hydrogens is 242 g/mol. The molecule has 0 aliphatic carbocycles. The fourth-order valence-corrected chi connectivity index (χ4v) is 2.86. The van der Waals surface area contributed by atoms with E-state index in [1.165, 1.54) is 7.11 Å². The molecule has 1 aromatic rings. The maximum atomic E-state index is 12.2. The zero-order valence-corrected chi connectivity index (χ0v) is 11.1. The number of benzene rings is 1. The maximum absolute atomic E-state index is 12.2. The Balaban J connectivity index is 2.44. The highest BCUT2D eigenvalue weighted by Crippen LogP contribution is 2.38. The number of nitrogens with one attached hydrogen (secondary N) is 1. The van der Waals surface area contributed by atoms with Crippen LogP contribution in [0.2, 0.25) is 0 Å². The van der Waals surface area contributed by atoms with Gasteiger partial charge in [0.15, 0.2) is 0 Å². The number of methoxy groups -OCH3 is 1. The molecule has 1 aliphatic rings. The molecule has 1 heterocycles. The van der Waals surface area contributed by atoms with Crippen molar-refractivity contribution in [2.75, 3.05) is 13.7 Å². The Morgan fingerprint density at radius 3 is 2.95 bits per heavy atom. The highest BCUT2D eigenvalue weighted by Gasteiger charge is 2.48. The Bertz CT molecular complexity index is 478. The predicted octanol–water partition coefficient (Wildman–Crippen LogP) is 1.96. The van der Waals surface area contributed by atoms with E-state index in [1.54, 1.807) is 24.3 Å². The third-order valence-corrected chi connectivity index (χ3v) is 3.73. The molecule has 2 N–H and O–H groups in total. The zero-order chi connectivity index (χ0) is 13.9. The fraction of sp³-hybridized carbons (Fsp3) is 0.400. The number of hydrogen-bond donors (Lipinski definition) is 2. The molecule has 0 unspecified atom stereocenters. The molecule has 1 saturated heterocycles. The van der Waals surface area contributed by atoms with Crippen LogP contribution >= 0.6 is 0 Å². The van der Waals surface area contributed by atoms with Gasteiger partial charge in [0.25, 0.3) is 0 Å². The predicted molar refractivity (Wildman–Crippen MR) is 73.0 cm³/mol. The lowest BCUT2D eigenvalue weighted by atomic mass is 9.78. The number of rotatable bonds is 4. The molecule has 0 bridgehead atoms. The second kappa shape index (κ2) is 5.45. The molecule has 4 heteroatoms. The normalized spacial score (nSPS) is 23.8. The largest absolute Gasteiger partial charge is 0.508 e. The number of carbonyl (C=O) groups is 1. The van der Waals surface area contributed by atoms with E-state index in [0.717, 1.165) is 18.5 Å². The molecule has 2 rings (SSSR count). The van der Waals surface area contributed by atoms with Crippen molar-refractivity contribution in [3.8, 4) is 5.75 Å². The van der Waals surface area contributed by atoms with E-state index in [9.17, 15) is 9.90 Å². The summed E-state index contributed by atoms with van der Waals surface area (Å²) in [5.41, 5.74) is 0.0828. The van der Waals surface area contributed by atoms with Crippen molar-refractivity contribution in [1.82, 2.24) is 5.32 Å². The fourth-order valence-electron chi connectivity index (χ4n) is 2.86. The van der Waals surface area contributed by atoms with Gasteiger partial charge < -0.3 is 15.2 Å². The minimum absolute atomic E-state index is 0.183. The third-order valence-electron chi connectivity index (χ3n) is 3.73. The lowest BCUT2D eigenvalue weighted by molar-refractivity contribution is -0.148. The summed E-state index contributed by atoms with van der Waals surface area (Å²) in [6.45, 7) is 4.62. The van der Waals surface area contributed by atoms with Gasteiger partial charge in [-0.2, -0.15) is 0 Å². The Labute approximate surface area is 113 Å². The van der Waals surface area contributed by atoms with Crippen LogP contribution in [0.15, 0.2) is 36.9 Å². The Morgan fingerprint density at radius 2 is 2.42 bits per heavy atom. The smallest absolute Gasteiger partial charge is 0.327 e. The van der Waals surface area contributed by atoms with Crippen molar-refractivity contribution in [3.63, 3.8) is 0 Å². The van der Waals surface area contributed by atoms with Crippen LogP contribution in [0.3, 0.4) is 0 Å². The number of carbonyl (C=O) groups excluding carboxylic acids is 1. The van der Waals surface area contributed by atoms with E-state index in [1.807, 2.05) is 6.07 Å². The Kier molecular flexibility index (Phi) is 3.90. The van der Waals surface area contributed by atoms with Crippen molar-refractivity contribution in [3.05, 3.63) is 42.5 Å². The summed E-state index contributed by atoms with van der Waals surface area (Å²) in [7, 11) is 1.40. The van der Waals surface area contributed by atoms with Gasteiger partial charge in [0.05, 0.1) is 7.11 Å². The summed E-state index contributed by atoms with van der Waals surface area (Å²) in [6, 6.07) is 6.92. The van der Waals surface area contributed by atoms with Crippen LogP contribution in [0.4, 0.5) is 0 Å². The maximum Gasteiger partial charge on any atom is 0.327 e. The first-order valence-electron chi connectivity index (χ1n) is 6.39. The van der Waals surface area contributed by atoms with Gasteiger partial charge in [-0.05, 0) is 37.1 Å². The van der Waals surface area contributed by atoms with E-state index in [2.05, 4.69) is 11.9 Å². The van der Waals surface area contributed by atoms with E-state index in [-0.39, 0.29) is 17.6 Å². The van der Waals surface area contributed by atoms with Crippen molar-refractivity contribution >= 4 is 5.97 Å². The summed E-state index contributed by atoms with van der Waals surface area (Å²) >= 11 is 0. The summed E-state index contributed by atoms with van der Waals surface area (Å²) in [5.74, 6) is -0.324. The van der Waals surface area contributed by atoms with Crippen LogP contribution in [0, 0.1) is 0 Å². The highest BCUT2D eigenvalue weighted by atomic mass is 16.5. The molecular formula is C15H19NO3. The van der Waals surface area contributed by atoms with Crippen LogP contribution in [0.1, 0.15) is 24.3 Å². The number of aromatic hydroxyl groups is 1. The molecule has 0 spiro atoms. The monoisotopic (exact) mass is 261 g/mol. The van der Waals surface area contributed by atoms with Gasteiger partial charge in [-0.3, -0.25) is 4.79 Å². The average Bonchev–Trinajstić information content (AvgIpc) is 2.89. The van der Waals surface area contributed by atoms with Crippen LogP contribution < -0.4 is 5.32 Å². The van der Waals surface area contributed by atoms with Crippen molar-refractivity contribution < 1.29 is 14.6 Å². The molecule has 1 fully saturated rings. The van der Waals surface area contributed by atoms with Crippen molar-refractivity contribution in [2.45, 2.75) is 24.3 Å². The van der Waals surface area contributed by atoms with E-state index >= 15 is 0 Å². The number of phenolic OH excluding ortho intramolecular Hbond substituents is 1. The zero-order valence-electron chi connectivity index (χ0n) is 11.1. The first-order chi connectivity index (χ1) is 9.14. The second-order valence-corrected chi connectivity index (χ2v) is 4.80. The van der Waals surface area contributed by atoms with Gasteiger partial charge in [-0.15, -0.1) is 6.58 Å². The van der Waals surface area contributed by atoms with Gasteiger partial charge in [0, 0.05) is 5.92 Å². The van der Waals surface area contributed by atoms with Gasteiger partial charge >= 0.3 is 5.97 Å². The molecule has 1 aliphatic heterocycles. The van der Waals surface area contributed by atoms with Gasteiger partial charge in [0.1, 0.15) is 11.3 Å². The summed E-state index contributed by atoms with van der Waals surface area (Å²) in [4.78, 5) is 12.2. The van der Waals surface area contributed by atoms with Crippen LogP contribution in [0.5, 0.6) is 5.75 Å². The molecule has 0 saturated carbocycles. The summed E-state index contributed by atoms with van der Waals surface area (Å²) in [6.07, 6.45) is 3.36. The number of hydrogen-bond acceptors (Lipinski definition) is 4. The lowest BCUT2D eigenvalue weighted by Gasteiger charge is -2.33. The first-order valence-corrected chi connectivity index (χ1v) is 6.39. The van der Waals surface area contributed by atoms with E-state index in [0.29, 0.717) is 6.42 Å². The molecule has 0 radical (unpaired) electrons. The minimum atomic E-state index is -0.774. The van der Waals surface area contributed by atoms with Gasteiger partial charge in [-0.1, -0.05) is 18.2 Å². The third kappa shape index (κ3) is 2.36. The Morgan fingerprint density at radius 1 is 1.63 bits per heavy atom. The standard InChI is InChI=1S/C15H19NO3/c1-3-13(11-6-4-7-12(17)10-11)15(14(18)19-2)8-5-9-16-15/h3-4,6-7,10,13,16-17H,1,5,8-9H2,2H3/t13-,15+/m1/s1. The SMILES string of the molecule is C=C[C@H](c1cccc(O)c1)[C@]1(C(=O)OC)CCCN1. The van der Waals surface area contributed by atoms with Crippen molar-refractivity contribution in [2.24, 2.45) is 0 Å². The molecule has 19 heavy (non-hydrogen) atoms. The summed E-state index contributed by atoms with van der Waals surface area (Å²) in [5, 5.41) is 12.9. The molecule has 4 nitrogen and oxygen atoms in total. The number of esters is 1. The topological polar surface area (TPSA) is 58.6 Å². The first kappa shape index (κ1) is 13.6. The molecule has 0 amide bonds. The quantitative estimate of drug-likeness (QED) is 0.642.